The molecule has 21 heavy (non-hydrogen) atoms. The number of nitrogens with zero attached hydrogens (tertiary/aromatic N) is 1. The summed E-state index contributed by atoms with van der Waals surface area (Å²) in [5, 5.41) is 3.00. The van der Waals surface area contributed by atoms with Crippen LogP contribution in [0.3, 0.4) is 0 Å². The molecule has 2 heterocycles. The van der Waals surface area contributed by atoms with Gasteiger partial charge in [0.25, 0.3) is 5.56 Å². The molecule has 7 heteroatoms. The standard InChI is InChI=1S/C14H9Cl3N2OS/c1-6(15)12-18-13(20)11-8(5-21-14(11)19-12)7-2-3-9(16)10(17)4-7/h2-6H,1H3,(H,18,19,20). The van der Waals surface area contributed by atoms with Gasteiger partial charge in [-0.2, -0.15) is 0 Å². The minimum absolute atomic E-state index is 0.204. The number of aromatic amines is 1. The summed E-state index contributed by atoms with van der Waals surface area (Å²) in [6.07, 6.45) is 0. The zero-order valence-corrected chi connectivity index (χ0v) is 13.9. The predicted octanol–water partition coefficient (Wildman–Crippen LogP) is 5.26. The average molecular weight is 360 g/mol. The lowest BCUT2D eigenvalue weighted by molar-refractivity contribution is 0.917. The van der Waals surface area contributed by atoms with Gasteiger partial charge < -0.3 is 4.98 Å². The van der Waals surface area contributed by atoms with Crippen molar-refractivity contribution in [3.8, 4) is 11.1 Å². The number of aromatic nitrogens is 2. The summed E-state index contributed by atoms with van der Waals surface area (Å²) in [5.41, 5.74) is 1.41. The third-order valence-electron chi connectivity index (χ3n) is 3.07. The van der Waals surface area contributed by atoms with Crippen LogP contribution in [0, 0.1) is 0 Å². The van der Waals surface area contributed by atoms with Gasteiger partial charge in [-0.05, 0) is 24.6 Å². The molecular weight excluding hydrogens is 351 g/mol. The molecule has 0 spiro atoms. The summed E-state index contributed by atoms with van der Waals surface area (Å²) in [6.45, 7) is 1.76. The van der Waals surface area contributed by atoms with E-state index in [-0.39, 0.29) is 10.9 Å². The molecule has 108 valence electrons. The summed E-state index contributed by atoms with van der Waals surface area (Å²) in [5.74, 6) is 0.469. The van der Waals surface area contributed by atoms with Crippen molar-refractivity contribution in [2.75, 3.05) is 0 Å². The number of benzene rings is 1. The molecule has 2 aromatic heterocycles. The van der Waals surface area contributed by atoms with Gasteiger partial charge in [0.1, 0.15) is 10.7 Å². The monoisotopic (exact) mass is 358 g/mol. The second-order valence-corrected chi connectivity index (χ2v) is 6.85. The molecule has 0 saturated carbocycles. The average Bonchev–Trinajstić information content (AvgIpc) is 2.86. The molecule has 3 rings (SSSR count). The number of rotatable bonds is 2. The van der Waals surface area contributed by atoms with E-state index in [0.29, 0.717) is 26.1 Å². The fourth-order valence-electron chi connectivity index (χ4n) is 2.03. The van der Waals surface area contributed by atoms with Gasteiger partial charge in [-0.25, -0.2) is 4.98 Å². The van der Waals surface area contributed by atoms with Gasteiger partial charge in [-0.1, -0.05) is 29.3 Å². The smallest absolute Gasteiger partial charge is 0.260 e. The highest BCUT2D eigenvalue weighted by molar-refractivity contribution is 7.17. The van der Waals surface area contributed by atoms with Crippen LogP contribution in [0.25, 0.3) is 21.3 Å². The molecule has 0 fully saturated rings. The maximum absolute atomic E-state index is 12.3. The van der Waals surface area contributed by atoms with Gasteiger partial charge in [-0.15, -0.1) is 22.9 Å². The molecule has 0 amide bonds. The van der Waals surface area contributed by atoms with Gasteiger partial charge in [0, 0.05) is 10.9 Å². The van der Waals surface area contributed by atoms with Crippen molar-refractivity contribution in [1.82, 2.24) is 9.97 Å². The maximum Gasteiger partial charge on any atom is 0.260 e. The Labute approximate surface area is 139 Å². The van der Waals surface area contributed by atoms with Crippen molar-refractivity contribution in [1.29, 1.82) is 0 Å². The van der Waals surface area contributed by atoms with E-state index < -0.39 is 0 Å². The van der Waals surface area contributed by atoms with Crippen LogP contribution in [0.15, 0.2) is 28.4 Å². The summed E-state index contributed by atoms with van der Waals surface area (Å²) in [6, 6.07) is 5.27. The molecule has 0 aliphatic rings. The molecule has 3 aromatic rings. The summed E-state index contributed by atoms with van der Waals surface area (Å²) < 4.78 is 0. The summed E-state index contributed by atoms with van der Waals surface area (Å²) in [7, 11) is 0. The highest BCUT2D eigenvalue weighted by Crippen LogP contribution is 2.34. The minimum atomic E-state index is -0.349. The lowest BCUT2D eigenvalue weighted by Crippen LogP contribution is -2.11. The Kier molecular flexibility index (Phi) is 3.97. The van der Waals surface area contributed by atoms with E-state index in [0.717, 1.165) is 11.1 Å². The quantitative estimate of drug-likeness (QED) is 0.634. The number of fused-ring (bicyclic) bond motifs is 1. The number of hydrogen-bond acceptors (Lipinski definition) is 3. The number of nitrogens with one attached hydrogen (secondary N) is 1. The van der Waals surface area contributed by atoms with Crippen molar-refractivity contribution < 1.29 is 0 Å². The maximum atomic E-state index is 12.3. The third kappa shape index (κ3) is 2.69. The van der Waals surface area contributed by atoms with E-state index in [1.807, 2.05) is 11.4 Å². The molecule has 1 atom stereocenters. The van der Waals surface area contributed by atoms with Crippen molar-refractivity contribution in [3.63, 3.8) is 0 Å². The van der Waals surface area contributed by atoms with Crippen molar-refractivity contribution in [2.24, 2.45) is 0 Å². The normalized spacial score (nSPS) is 12.8. The summed E-state index contributed by atoms with van der Waals surface area (Å²) >= 11 is 19.3. The van der Waals surface area contributed by atoms with Gasteiger partial charge >= 0.3 is 0 Å². The van der Waals surface area contributed by atoms with Crippen LogP contribution in [0.4, 0.5) is 0 Å². The highest BCUT2D eigenvalue weighted by atomic mass is 35.5. The van der Waals surface area contributed by atoms with Gasteiger partial charge in [0.15, 0.2) is 0 Å². The zero-order valence-electron chi connectivity index (χ0n) is 10.8. The lowest BCUT2D eigenvalue weighted by Gasteiger charge is -2.04. The third-order valence-corrected chi connectivity index (χ3v) is 4.89. The molecule has 1 N–H and O–H groups in total. The van der Waals surface area contributed by atoms with Crippen LogP contribution in [-0.2, 0) is 0 Å². The second kappa shape index (κ2) is 5.61. The van der Waals surface area contributed by atoms with Crippen molar-refractivity contribution in [3.05, 3.63) is 49.8 Å². The van der Waals surface area contributed by atoms with Gasteiger partial charge in [0.05, 0.1) is 20.8 Å². The molecule has 1 aromatic carbocycles. The Morgan fingerprint density at radius 1 is 1.29 bits per heavy atom. The Morgan fingerprint density at radius 3 is 2.71 bits per heavy atom. The Morgan fingerprint density at radius 2 is 2.05 bits per heavy atom. The van der Waals surface area contributed by atoms with Crippen molar-refractivity contribution >= 4 is 56.4 Å². The number of halogens is 3. The number of hydrogen-bond donors (Lipinski definition) is 1. The first-order chi connectivity index (χ1) is 9.97. The molecule has 1 unspecified atom stereocenters. The van der Waals surface area contributed by atoms with Crippen LogP contribution in [0.5, 0.6) is 0 Å². The van der Waals surface area contributed by atoms with Crippen LogP contribution in [0.2, 0.25) is 10.0 Å². The van der Waals surface area contributed by atoms with Crippen LogP contribution >= 0.6 is 46.1 Å². The van der Waals surface area contributed by atoms with Crippen LogP contribution in [0.1, 0.15) is 18.1 Å². The number of alkyl halides is 1. The highest BCUT2D eigenvalue weighted by Gasteiger charge is 2.15. The number of H-pyrrole nitrogens is 1. The molecule has 3 nitrogen and oxygen atoms in total. The first kappa shape index (κ1) is 14.9. The predicted molar refractivity (Wildman–Crippen MR) is 90.0 cm³/mol. The van der Waals surface area contributed by atoms with Crippen LogP contribution < -0.4 is 5.56 Å². The Bertz CT molecular complexity index is 886. The Balaban J connectivity index is 2.25. The molecule has 0 saturated heterocycles. The van der Waals surface area contributed by atoms with E-state index in [1.165, 1.54) is 11.3 Å². The lowest BCUT2D eigenvalue weighted by atomic mass is 10.1. The molecular formula is C14H9Cl3N2OS. The van der Waals surface area contributed by atoms with Crippen molar-refractivity contribution in [2.45, 2.75) is 12.3 Å². The van der Waals surface area contributed by atoms with Gasteiger partial charge in [0.2, 0.25) is 0 Å². The fourth-order valence-corrected chi connectivity index (χ4v) is 3.39. The number of thiophene rings is 1. The SMILES string of the molecule is CC(Cl)c1nc2scc(-c3ccc(Cl)c(Cl)c3)c2c(=O)[nH]1. The molecule has 0 bridgehead atoms. The fraction of sp³-hybridized carbons (Fsp3) is 0.143. The topological polar surface area (TPSA) is 45.8 Å². The van der Waals surface area contributed by atoms with E-state index in [4.69, 9.17) is 34.8 Å². The molecule has 0 radical (unpaired) electrons. The van der Waals surface area contributed by atoms with Crippen LogP contribution in [-0.4, -0.2) is 9.97 Å². The first-order valence-corrected chi connectivity index (χ1v) is 8.15. The van der Waals surface area contributed by atoms with E-state index in [9.17, 15) is 4.79 Å². The van der Waals surface area contributed by atoms with E-state index in [2.05, 4.69) is 9.97 Å². The zero-order chi connectivity index (χ0) is 15.1. The minimum Gasteiger partial charge on any atom is -0.309 e. The molecule has 0 aliphatic heterocycles. The largest absolute Gasteiger partial charge is 0.309 e. The summed E-state index contributed by atoms with van der Waals surface area (Å²) in [4.78, 5) is 20.1. The second-order valence-electron chi connectivity index (χ2n) is 4.53. The molecule has 0 aliphatic carbocycles. The van der Waals surface area contributed by atoms with E-state index >= 15 is 0 Å². The van der Waals surface area contributed by atoms with E-state index in [1.54, 1.807) is 19.1 Å². The van der Waals surface area contributed by atoms with Gasteiger partial charge in [-0.3, -0.25) is 4.79 Å². The Hall–Kier alpha value is -1.07. The first-order valence-electron chi connectivity index (χ1n) is 6.08.